The zero-order valence-corrected chi connectivity index (χ0v) is 19.2. The second-order valence-electron chi connectivity index (χ2n) is 8.52. The number of aromatic nitrogens is 2. The Balaban J connectivity index is 2.01. The minimum absolute atomic E-state index is 0.0257. The summed E-state index contributed by atoms with van der Waals surface area (Å²) in [5, 5.41) is 10.8. The summed E-state index contributed by atoms with van der Waals surface area (Å²) < 4.78 is 0. The summed E-state index contributed by atoms with van der Waals surface area (Å²) in [7, 11) is 0. The zero-order valence-electron chi connectivity index (χ0n) is 19.2. The number of anilines is 4. The molecule has 1 atom stereocenters. The molecule has 0 radical (unpaired) electrons. The summed E-state index contributed by atoms with van der Waals surface area (Å²) in [5.74, 6) is 2.05. The molecule has 1 aromatic carbocycles. The first-order valence-corrected chi connectivity index (χ1v) is 10.8. The lowest BCUT2D eigenvalue weighted by Crippen LogP contribution is -2.50. The van der Waals surface area contributed by atoms with Crippen molar-refractivity contribution in [2.24, 2.45) is 5.73 Å². The predicted molar refractivity (Wildman–Crippen MR) is 126 cm³/mol. The zero-order chi connectivity index (χ0) is 22.7. The highest BCUT2D eigenvalue weighted by Gasteiger charge is 2.34. The van der Waals surface area contributed by atoms with E-state index in [9.17, 15) is 4.79 Å². The van der Waals surface area contributed by atoms with E-state index in [0.717, 1.165) is 17.1 Å². The van der Waals surface area contributed by atoms with E-state index in [2.05, 4.69) is 48.9 Å². The van der Waals surface area contributed by atoms with Gasteiger partial charge >= 0.3 is 0 Å². The van der Waals surface area contributed by atoms with Crippen LogP contribution in [0.4, 0.5) is 23.3 Å². The molecule has 3 rings (SSSR count). The highest BCUT2D eigenvalue weighted by Crippen LogP contribution is 2.40. The van der Waals surface area contributed by atoms with Gasteiger partial charge in [-0.15, -0.1) is 5.53 Å². The molecule has 2 heterocycles. The first kappa shape index (κ1) is 22.8. The molecule has 0 amide bonds. The second-order valence-corrected chi connectivity index (χ2v) is 8.52. The lowest BCUT2D eigenvalue weighted by atomic mass is 10.0. The SMILES string of the molecule is CC(=O)c1ccccc1CNc1nc(NCC(C)N)nc2c1N(C(C)C)NN2C(C)C. The molecule has 0 fully saturated rings. The van der Waals surface area contributed by atoms with E-state index in [4.69, 9.17) is 15.7 Å². The summed E-state index contributed by atoms with van der Waals surface area (Å²) >= 11 is 0. The van der Waals surface area contributed by atoms with Gasteiger partial charge in [0.2, 0.25) is 5.95 Å². The average molecular weight is 427 g/mol. The van der Waals surface area contributed by atoms with Crippen molar-refractivity contribution < 1.29 is 4.79 Å². The third kappa shape index (κ3) is 5.05. The molecule has 0 aliphatic carbocycles. The summed E-state index contributed by atoms with van der Waals surface area (Å²) in [5.41, 5.74) is 11.9. The number of carbonyl (C=O) groups excluding carboxylic acids is 1. The number of hydrazine groups is 2. The molecule has 2 aromatic rings. The molecule has 5 N–H and O–H groups in total. The maximum atomic E-state index is 12.0. The molecular formula is C22H34N8O. The lowest BCUT2D eigenvalue weighted by molar-refractivity contribution is 0.101. The fourth-order valence-electron chi connectivity index (χ4n) is 3.43. The number of hydrogen-bond acceptors (Lipinski definition) is 9. The Kier molecular flexibility index (Phi) is 6.97. The maximum Gasteiger partial charge on any atom is 0.226 e. The Morgan fingerprint density at radius 1 is 1.06 bits per heavy atom. The Hall–Kier alpha value is -2.91. The number of nitrogens with zero attached hydrogens (tertiary/aromatic N) is 4. The monoisotopic (exact) mass is 426 g/mol. The van der Waals surface area contributed by atoms with Gasteiger partial charge in [-0.1, -0.05) is 24.3 Å². The molecule has 1 unspecified atom stereocenters. The number of carbonyl (C=O) groups is 1. The smallest absolute Gasteiger partial charge is 0.226 e. The van der Waals surface area contributed by atoms with Gasteiger partial charge < -0.3 is 16.4 Å². The second kappa shape index (κ2) is 9.49. The first-order chi connectivity index (χ1) is 14.7. The number of fused-ring (bicyclic) bond motifs is 1. The molecule has 1 aliphatic rings. The van der Waals surface area contributed by atoms with Crippen molar-refractivity contribution in [3.05, 3.63) is 35.4 Å². The summed E-state index contributed by atoms with van der Waals surface area (Å²) in [6.45, 7) is 13.0. The highest BCUT2D eigenvalue weighted by atomic mass is 16.1. The van der Waals surface area contributed by atoms with Crippen LogP contribution in [0.3, 0.4) is 0 Å². The van der Waals surface area contributed by atoms with Crippen molar-refractivity contribution in [3.63, 3.8) is 0 Å². The van der Waals surface area contributed by atoms with Crippen LogP contribution in [-0.4, -0.2) is 40.4 Å². The van der Waals surface area contributed by atoms with Gasteiger partial charge in [-0.3, -0.25) is 14.8 Å². The molecule has 9 nitrogen and oxygen atoms in total. The largest absolute Gasteiger partial charge is 0.364 e. The number of benzene rings is 1. The summed E-state index contributed by atoms with van der Waals surface area (Å²) in [4.78, 5) is 21.5. The fraction of sp³-hybridized carbons (Fsp3) is 0.500. The van der Waals surface area contributed by atoms with Gasteiger partial charge in [0.15, 0.2) is 17.4 Å². The third-order valence-corrected chi connectivity index (χ3v) is 5.01. The minimum Gasteiger partial charge on any atom is -0.364 e. The predicted octanol–water partition coefficient (Wildman–Crippen LogP) is 2.91. The van der Waals surface area contributed by atoms with Crippen molar-refractivity contribution in [3.8, 4) is 0 Å². The third-order valence-electron chi connectivity index (χ3n) is 5.01. The van der Waals surface area contributed by atoms with E-state index in [0.29, 0.717) is 30.4 Å². The van der Waals surface area contributed by atoms with Crippen LogP contribution in [0.5, 0.6) is 0 Å². The van der Waals surface area contributed by atoms with Gasteiger partial charge in [0.05, 0.1) is 0 Å². The van der Waals surface area contributed by atoms with Gasteiger partial charge in [-0.2, -0.15) is 9.97 Å². The van der Waals surface area contributed by atoms with Crippen LogP contribution >= 0.6 is 0 Å². The van der Waals surface area contributed by atoms with Crippen molar-refractivity contribution in [1.29, 1.82) is 0 Å². The topological polar surface area (TPSA) is 111 Å². The molecule has 0 saturated heterocycles. The normalized spacial score (nSPS) is 14.2. The standard InChI is InChI=1S/C22H34N8O/c1-13(2)29-19-20(24-12-17-9-7-8-10-18(17)16(6)31)26-22(25-11-15(5)23)27-21(19)30(28-29)14(3)4/h7-10,13-15,28H,11-12,23H2,1-6H3,(H2,24,25,26,27). The van der Waals surface area contributed by atoms with Gasteiger partial charge in [0, 0.05) is 36.8 Å². The number of hydrogen-bond donors (Lipinski definition) is 4. The minimum atomic E-state index is -0.0257. The molecular weight excluding hydrogens is 392 g/mol. The Bertz CT molecular complexity index is 928. The number of Topliss-reactive ketones (excluding diaryl/α,β-unsaturated/α-hetero) is 1. The maximum absolute atomic E-state index is 12.0. The van der Waals surface area contributed by atoms with Gasteiger partial charge in [-0.25, -0.2) is 0 Å². The van der Waals surface area contributed by atoms with Crippen LogP contribution in [0, 0.1) is 0 Å². The Labute approximate surface area is 184 Å². The average Bonchev–Trinajstić information content (AvgIpc) is 3.11. The Morgan fingerprint density at radius 3 is 2.35 bits per heavy atom. The Morgan fingerprint density at radius 2 is 1.74 bits per heavy atom. The molecule has 0 spiro atoms. The lowest BCUT2D eigenvalue weighted by Gasteiger charge is -2.27. The molecule has 0 bridgehead atoms. The van der Waals surface area contributed by atoms with Crippen LogP contribution in [0.2, 0.25) is 0 Å². The van der Waals surface area contributed by atoms with E-state index in [1.165, 1.54) is 0 Å². The molecule has 31 heavy (non-hydrogen) atoms. The van der Waals surface area contributed by atoms with Gasteiger partial charge in [0.1, 0.15) is 5.69 Å². The van der Waals surface area contributed by atoms with Crippen molar-refractivity contribution in [1.82, 2.24) is 15.5 Å². The van der Waals surface area contributed by atoms with Crippen LogP contribution in [0.1, 0.15) is 57.5 Å². The van der Waals surface area contributed by atoms with Crippen LogP contribution in [0.15, 0.2) is 24.3 Å². The first-order valence-electron chi connectivity index (χ1n) is 10.8. The summed E-state index contributed by atoms with van der Waals surface area (Å²) in [6, 6.07) is 7.96. The number of ketones is 1. The van der Waals surface area contributed by atoms with Crippen LogP contribution in [0.25, 0.3) is 0 Å². The number of nitrogens with two attached hydrogens (primary N) is 1. The molecule has 9 heteroatoms. The van der Waals surface area contributed by atoms with E-state index >= 15 is 0 Å². The van der Waals surface area contributed by atoms with Gasteiger partial charge in [0.25, 0.3) is 0 Å². The molecule has 0 saturated carbocycles. The van der Waals surface area contributed by atoms with Crippen molar-refractivity contribution in [2.75, 3.05) is 27.2 Å². The fourth-order valence-corrected chi connectivity index (χ4v) is 3.43. The van der Waals surface area contributed by atoms with Crippen LogP contribution < -0.4 is 31.9 Å². The molecule has 1 aliphatic heterocycles. The van der Waals surface area contributed by atoms with Crippen molar-refractivity contribution >= 4 is 29.1 Å². The summed E-state index contributed by atoms with van der Waals surface area (Å²) in [6.07, 6.45) is 0. The van der Waals surface area contributed by atoms with E-state index in [1.54, 1.807) is 6.92 Å². The van der Waals surface area contributed by atoms with Crippen LogP contribution in [-0.2, 0) is 6.54 Å². The molecule has 168 valence electrons. The van der Waals surface area contributed by atoms with Crippen molar-refractivity contribution in [2.45, 2.75) is 66.2 Å². The van der Waals surface area contributed by atoms with E-state index in [-0.39, 0.29) is 23.9 Å². The van der Waals surface area contributed by atoms with Gasteiger partial charge in [-0.05, 0) is 47.1 Å². The highest BCUT2D eigenvalue weighted by molar-refractivity contribution is 5.95. The van der Waals surface area contributed by atoms with E-state index in [1.807, 2.05) is 36.2 Å². The number of rotatable bonds is 9. The quantitative estimate of drug-likeness (QED) is 0.450. The number of nitrogens with one attached hydrogen (secondary N) is 3. The molecule has 1 aromatic heterocycles. The van der Waals surface area contributed by atoms with E-state index < -0.39 is 0 Å².